The normalized spacial score (nSPS) is 19.5. The van der Waals surface area contributed by atoms with Crippen LogP contribution in [0, 0.1) is 5.92 Å². The number of aryl methyl sites for hydroxylation is 1. The maximum Gasteiger partial charge on any atom is 0.0566 e. The van der Waals surface area contributed by atoms with Crippen LogP contribution in [0.4, 0.5) is 0 Å². The van der Waals surface area contributed by atoms with E-state index in [0.717, 1.165) is 38.8 Å². The number of aliphatic hydroxyl groups is 1. The third kappa shape index (κ3) is 4.59. The van der Waals surface area contributed by atoms with Crippen molar-refractivity contribution < 1.29 is 5.11 Å². The van der Waals surface area contributed by atoms with Crippen LogP contribution in [0.25, 0.3) is 0 Å². The van der Waals surface area contributed by atoms with Gasteiger partial charge in [0.05, 0.1) is 6.10 Å². The summed E-state index contributed by atoms with van der Waals surface area (Å²) in [4.78, 5) is 6.68. The fraction of sp³-hybridized carbons (Fsp3) is 0.688. The van der Waals surface area contributed by atoms with Gasteiger partial charge in [-0.3, -0.25) is 4.98 Å². The minimum absolute atomic E-state index is 0.0856. The van der Waals surface area contributed by atoms with E-state index < -0.39 is 0 Å². The van der Waals surface area contributed by atoms with Gasteiger partial charge in [-0.2, -0.15) is 0 Å². The molecule has 2 heterocycles. The van der Waals surface area contributed by atoms with E-state index in [1.165, 1.54) is 18.5 Å². The molecule has 1 aliphatic rings. The van der Waals surface area contributed by atoms with Crippen molar-refractivity contribution in [2.45, 2.75) is 45.1 Å². The number of rotatable bonds is 6. The summed E-state index contributed by atoms with van der Waals surface area (Å²) < 4.78 is 0. The monoisotopic (exact) mass is 262 g/mol. The Morgan fingerprint density at radius 1 is 1.42 bits per heavy atom. The Hall–Kier alpha value is -0.930. The van der Waals surface area contributed by atoms with Crippen molar-refractivity contribution in [1.29, 1.82) is 0 Å². The van der Waals surface area contributed by atoms with Crippen molar-refractivity contribution in [3.05, 3.63) is 30.1 Å². The van der Waals surface area contributed by atoms with E-state index in [0.29, 0.717) is 5.92 Å². The highest BCUT2D eigenvalue weighted by molar-refractivity contribution is 5.08. The van der Waals surface area contributed by atoms with Crippen LogP contribution >= 0.6 is 0 Å². The summed E-state index contributed by atoms with van der Waals surface area (Å²) in [5.74, 6) is 0.527. The lowest BCUT2D eigenvalue weighted by Gasteiger charge is -2.34. The Labute approximate surface area is 116 Å². The third-order valence-electron chi connectivity index (χ3n) is 4.26. The average Bonchev–Trinajstić information content (AvgIpc) is 2.48. The van der Waals surface area contributed by atoms with Crippen LogP contribution in [0.1, 0.15) is 38.2 Å². The van der Waals surface area contributed by atoms with Crippen LogP contribution in [0.2, 0.25) is 0 Å². The van der Waals surface area contributed by atoms with E-state index in [9.17, 15) is 5.11 Å². The molecule has 1 aromatic rings. The molecule has 0 saturated carbocycles. The van der Waals surface area contributed by atoms with Crippen molar-refractivity contribution in [2.24, 2.45) is 5.92 Å². The van der Waals surface area contributed by atoms with Gasteiger partial charge in [-0.15, -0.1) is 0 Å². The van der Waals surface area contributed by atoms with E-state index in [-0.39, 0.29) is 6.10 Å². The Kier molecular flexibility index (Phi) is 5.80. The number of aromatic nitrogens is 1. The zero-order chi connectivity index (χ0) is 13.5. The molecule has 1 atom stereocenters. The predicted molar refractivity (Wildman–Crippen MR) is 78.0 cm³/mol. The molecule has 0 bridgehead atoms. The molecule has 0 radical (unpaired) electrons. The highest BCUT2D eigenvalue weighted by Crippen LogP contribution is 2.22. The van der Waals surface area contributed by atoms with E-state index in [2.05, 4.69) is 22.9 Å². The Bertz CT molecular complexity index is 347. The number of hydrogen-bond donors (Lipinski definition) is 1. The second-order valence-corrected chi connectivity index (χ2v) is 5.62. The Morgan fingerprint density at radius 2 is 2.21 bits per heavy atom. The minimum Gasteiger partial charge on any atom is -0.393 e. The quantitative estimate of drug-likeness (QED) is 0.855. The molecule has 19 heavy (non-hydrogen) atoms. The number of nitrogens with zero attached hydrogens (tertiary/aromatic N) is 2. The third-order valence-corrected chi connectivity index (χ3v) is 4.26. The van der Waals surface area contributed by atoms with Crippen LogP contribution in [0.5, 0.6) is 0 Å². The van der Waals surface area contributed by atoms with E-state index in [1.54, 1.807) is 0 Å². The Balaban J connectivity index is 1.63. The van der Waals surface area contributed by atoms with Gasteiger partial charge in [-0.25, -0.2) is 0 Å². The van der Waals surface area contributed by atoms with Gasteiger partial charge in [0.15, 0.2) is 0 Å². The molecule has 1 fully saturated rings. The van der Waals surface area contributed by atoms with Gasteiger partial charge >= 0.3 is 0 Å². The maximum atomic E-state index is 9.87. The summed E-state index contributed by atoms with van der Waals surface area (Å²) in [6, 6.07) is 4.16. The minimum atomic E-state index is -0.0856. The summed E-state index contributed by atoms with van der Waals surface area (Å²) >= 11 is 0. The van der Waals surface area contributed by atoms with E-state index in [4.69, 9.17) is 0 Å². The summed E-state index contributed by atoms with van der Waals surface area (Å²) in [5, 5.41) is 9.87. The summed E-state index contributed by atoms with van der Waals surface area (Å²) in [7, 11) is 0. The second kappa shape index (κ2) is 7.61. The van der Waals surface area contributed by atoms with Crippen LogP contribution in [0.3, 0.4) is 0 Å². The summed E-state index contributed by atoms with van der Waals surface area (Å²) in [5.41, 5.74) is 1.33. The molecule has 0 spiro atoms. The molecule has 1 saturated heterocycles. The predicted octanol–water partition coefficient (Wildman–Crippen LogP) is 2.50. The molecule has 106 valence electrons. The molecule has 3 heteroatoms. The molecule has 0 unspecified atom stereocenters. The Morgan fingerprint density at radius 3 is 2.84 bits per heavy atom. The smallest absolute Gasteiger partial charge is 0.0566 e. The molecular formula is C16H26N2O. The van der Waals surface area contributed by atoms with Crippen molar-refractivity contribution in [3.63, 3.8) is 0 Å². The first-order valence-electron chi connectivity index (χ1n) is 7.59. The van der Waals surface area contributed by atoms with Crippen molar-refractivity contribution in [3.8, 4) is 0 Å². The average molecular weight is 262 g/mol. The van der Waals surface area contributed by atoms with Gasteiger partial charge in [0.1, 0.15) is 0 Å². The van der Waals surface area contributed by atoms with Gasteiger partial charge in [-0.05, 0) is 69.3 Å². The van der Waals surface area contributed by atoms with Crippen LogP contribution in [-0.4, -0.2) is 40.7 Å². The molecule has 0 aliphatic carbocycles. The molecule has 1 aromatic heterocycles. The largest absolute Gasteiger partial charge is 0.393 e. The highest BCUT2D eigenvalue weighted by Gasteiger charge is 2.23. The van der Waals surface area contributed by atoms with Crippen molar-refractivity contribution >= 4 is 0 Å². The SMILES string of the molecule is CC[C@H](O)C1CCN(CCCc2cccnc2)CC1. The molecule has 0 aromatic carbocycles. The van der Waals surface area contributed by atoms with Gasteiger partial charge in [0, 0.05) is 12.4 Å². The van der Waals surface area contributed by atoms with Crippen molar-refractivity contribution in [1.82, 2.24) is 9.88 Å². The van der Waals surface area contributed by atoms with Gasteiger partial charge in [0.2, 0.25) is 0 Å². The zero-order valence-electron chi connectivity index (χ0n) is 12.0. The van der Waals surface area contributed by atoms with E-state index in [1.807, 2.05) is 18.5 Å². The van der Waals surface area contributed by atoms with Gasteiger partial charge in [-0.1, -0.05) is 13.0 Å². The fourth-order valence-corrected chi connectivity index (χ4v) is 2.95. The fourth-order valence-electron chi connectivity index (χ4n) is 2.95. The lowest BCUT2D eigenvalue weighted by Crippen LogP contribution is -2.38. The number of pyridine rings is 1. The number of likely N-dealkylation sites (tertiary alicyclic amines) is 1. The topological polar surface area (TPSA) is 36.4 Å². The first kappa shape index (κ1) is 14.5. The lowest BCUT2D eigenvalue weighted by molar-refractivity contribution is 0.0567. The first-order chi connectivity index (χ1) is 9.29. The summed E-state index contributed by atoms with van der Waals surface area (Å²) in [6.45, 7) is 5.54. The maximum absolute atomic E-state index is 9.87. The number of hydrogen-bond acceptors (Lipinski definition) is 3. The number of piperidine rings is 1. The van der Waals surface area contributed by atoms with Gasteiger partial charge in [0.25, 0.3) is 0 Å². The molecular weight excluding hydrogens is 236 g/mol. The second-order valence-electron chi connectivity index (χ2n) is 5.62. The standard InChI is InChI=1S/C16H26N2O/c1-2-16(19)15-7-11-18(12-8-15)10-4-6-14-5-3-9-17-13-14/h3,5,9,13,15-16,19H,2,4,6-8,10-12H2,1H3/t16-/m0/s1. The zero-order valence-corrected chi connectivity index (χ0v) is 12.0. The molecule has 1 N–H and O–H groups in total. The first-order valence-corrected chi connectivity index (χ1v) is 7.59. The molecule has 2 rings (SSSR count). The van der Waals surface area contributed by atoms with Crippen LogP contribution in [0.15, 0.2) is 24.5 Å². The number of aliphatic hydroxyl groups excluding tert-OH is 1. The van der Waals surface area contributed by atoms with Gasteiger partial charge < -0.3 is 10.0 Å². The summed E-state index contributed by atoms with van der Waals surface area (Å²) in [6.07, 6.45) is 9.22. The highest BCUT2D eigenvalue weighted by atomic mass is 16.3. The van der Waals surface area contributed by atoms with Crippen LogP contribution < -0.4 is 0 Å². The molecule has 1 aliphatic heterocycles. The van der Waals surface area contributed by atoms with Crippen LogP contribution in [-0.2, 0) is 6.42 Å². The van der Waals surface area contributed by atoms with E-state index >= 15 is 0 Å². The molecule has 3 nitrogen and oxygen atoms in total. The molecule has 0 amide bonds. The van der Waals surface area contributed by atoms with Crippen molar-refractivity contribution in [2.75, 3.05) is 19.6 Å². The lowest BCUT2D eigenvalue weighted by atomic mass is 9.90.